The summed E-state index contributed by atoms with van der Waals surface area (Å²) in [5.41, 5.74) is 0. The number of ether oxygens (including phenoxy) is 1. The van der Waals surface area contributed by atoms with Gasteiger partial charge in [-0.3, -0.25) is 9.59 Å². The second kappa shape index (κ2) is 7.67. The van der Waals surface area contributed by atoms with Crippen molar-refractivity contribution in [1.29, 1.82) is 0 Å². The molecule has 0 aliphatic carbocycles. The molecule has 122 valence electrons. The molecule has 0 radical (unpaired) electrons. The lowest BCUT2D eigenvalue weighted by atomic mass is 10.3. The summed E-state index contributed by atoms with van der Waals surface area (Å²) in [5, 5.41) is 0. The van der Waals surface area contributed by atoms with Crippen LogP contribution in [0, 0.1) is 0 Å². The Morgan fingerprint density at radius 2 is 1.68 bits per heavy atom. The average molecular weight is 318 g/mol. The smallest absolute Gasteiger partial charge is 0.406 e. The normalized spacial score (nSPS) is 11.0. The van der Waals surface area contributed by atoms with E-state index in [1.807, 2.05) is 0 Å². The van der Waals surface area contributed by atoms with Gasteiger partial charge in [-0.05, 0) is 12.1 Å². The predicted octanol–water partition coefficient (Wildman–Crippen LogP) is 1.54. The maximum Gasteiger partial charge on any atom is 0.406 e. The van der Waals surface area contributed by atoms with Gasteiger partial charge in [-0.15, -0.1) is 0 Å². The molecule has 5 nitrogen and oxygen atoms in total. The van der Waals surface area contributed by atoms with Gasteiger partial charge in [0.1, 0.15) is 18.8 Å². The fraction of sp³-hybridized carbons (Fsp3) is 0.429. The Balaban J connectivity index is 2.68. The molecule has 8 heteroatoms. The zero-order valence-corrected chi connectivity index (χ0v) is 12.3. The number of amides is 2. The zero-order chi connectivity index (χ0) is 16.8. The molecule has 0 aliphatic rings. The number of carbonyl (C=O) groups excluding carboxylic acids is 2. The standard InChI is InChI=1S/C14H17F3N2O3/c1-18(2)12(20)8-19(10-14(15,16)17)13(21)9-22-11-6-4-3-5-7-11/h3-7H,8-10H2,1-2H3. The number of benzene rings is 1. The van der Waals surface area contributed by atoms with Crippen molar-refractivity contribution in [3.05, 3.63) is 30.3 Å². The maximum absolute atomic E-state index is 12.5. The fourth-order valence-corrected chi connectivity index (χ4v) is 1.51. The summed E-state index contributed by atoms with van der Waals surface area (Å²) >= 11 is 0. The molecule has 0 atom stereocenters. The number of hydrogen-bond donors (Lipinski definition) is 0. The topological polar surface area (TPSA) is 49.9 Å². The molecule has 0 aromatic heterocycles. The summed E-state index contributed by atoms with van der Waals surface area (Å²) in [6.07, 6.45) is -4.59. The van der Waals surface area contributed by atoms with Gasteiger partial charge in [0.2, 0.25) is 5.91 Å². The maximum atomic E-state index is 12.5. The predicted molar refractivity (Wildman–Crippen MR) is 73.3 cm³/mol. The van der Waals surface area contributed by atoms with Crippen LogP contribution in [0.4, 0.5) is 13.2 Å². The van der Waals surface area contributed by atoms with E-state index in [9.17, 15) is 22.8 Å². The van der Waals surface area contributed by atoms with Gasteiger partial charge in [-0.1, -0.05) is 18.2 Å². The Kier molecular flexibility index (Phi) is 6.21. The summed E-state index contributed by atoms with van der Waals surface area (Å²) in [4.78, 5) is 25.0. The SMILES string of the molecule is CN(C)C(=O)CN(CC(F)(F)F)C(=O)COc1ccccc1. The molecule has 0 saturated heterocycles. The zero-order valence-electron chi connectivity index (χ0n) is 12.3. The van der Waals surface area contributed by atoms with Crippen LogP contribution in [0.25, 0.3) is 0 Å². The minimum atomic E-state index is -4.59. The molecular formula is C14H17F3N2O3. The quantitative estimate of drug-likeness (QED) is 0.799. The van der Waals surface area contributed by atoms with E-state index in [4.69, 9.17) is 4.74 Å². The molecule has 2 amide bonds. The van der Waals surface area contributed by atoms with Crippen molar-refractivity contribution < 1.29 is 27.5 Å². The van der Waals surface area contributed by atoms with Crippen molar-refractivity contribution in [3.8, 4) is 5.75 Å². The van der Waals surface area contributed by atoms with Crippen LogP contribution < -0.4 is 4.74 Å². The van der Waals surface area contributed by atoms with Gasteiger partial charge in [0.25, 0.3) is 5.91 Å². The molecular weight excluding hydrogens is 301 g/mol. The van der Waals surface area contributed by atoms with Crippen molar-refractivity contribution in [2.24, 2.45) is 0 Å². The van der Waals surface area contributed by atoms with E-state index in [1.54, 1.807) is 30.3 Å². The van der Waals surface area contributed by atoms with Crippen LogP contribution in [-0.4, -0.2) is 61.6 Å². The van der Waals surface area contributed by atoms with Gasteiger partial charge >= 0.3 is 6.18 Å². The number of likely N-dealkylation sites (N-methyl/N-ethyl adjacent to an activating group) is 1. The summed E-state index contributed by atoms with van der Waals surface area (Å²) in [5.74, 6) is -1.14. The molecule has 1 aromatic carbocycles. The van der Waals surface area contributed by atoms with E-state index >= 15 is 0 Å². The lowest BCUT2D eigenvalue weighted by molar-refractivity contribution is -0.165. The Morgan fingerprint density at radius 3 is 2.18 bits per heavy atom. The Morgan fingerprint density at radius 1 is 1.09 bits per heavy atom. The number of nitrogens with zero attached hydrogens (tertiary/aromatic N) is 2. The summed E-state index contributed by atoms with van der Waals surface area (Å²) in [6.45, 7) is -2.71. The van der Waals surface area contributed by atoms with E-state index < -0.39 is 37.7 Å². The highest BCUT2D eigenvalue weighted by Crippen LogP contribution is 2.17. The number of para-hydroxylation sites is 1. The Bertz CT molecular complexity index is 504. The largest absolute Gasteiger partial charge is 0.484 e. The Hall–Kier alpha value is -2.25. The van der Waals surface area contributed by atoms with Crippen LogP contribution in [-0.2, 0) is 9.59 Å². The number of alkyl halides is 3. The first-order valence-corrected chi connectivity index (χ1v) is 6.41. The van der Waals surface area contributed by atoms with Gasteiger partial charge < -0.3 is 14.5 Å². The highest BCUT2D eigenvalue weighted by atomic mass is 19.4. The van der Waals surface area contributed by atoms with Crippen LogP contribution in [0.5, 0.6) is 5.75 Å². The highest BCUT2D eigenvalue weighted by Gasteiger charge is 2.34. The van der Waals surface area contributed by atoms with E-state index in [1.165, 1.54) is 14.1 Å². The van der Waals surface area contributed by atoms with Crippen molar-refractivity contribution in [2.45, 2.75) is 6.18 Å². The highest BCUT2D eigenvalue weighted by molar-refractivity contribution is 5.85. The van der Waals surface area contributed by atoms with Crippen molar-refractivity contribution in [3.63, 3.8) is 0 Å². The van der Waals surface area contributed by atoms with Gasteiger partial charge in [-0.25, -0.2) is 0 Å². The number of halogens is 3. The monoisotopic (exact) mass is 318 g/mol. The molecule has 0 N–H and O–H groups in total. The van der Waals surface area contributed by atoms with E-state index in [2.05, 4.69) is 0 Å². The second-order valence-electron chi connectivity index (χ2n) is 4.75. The molecule has 0 aliphatic heterocycles. The molecule has 1 aromatic rings. The number of carbonyl (C=O) groups is 2. The van der Waals surface area contributed by atoms with Gasteiger partial charge in [0.15, 0.2) is 6.61 Å². The van der Waals surface area contributed by atoms with Crippen LogP contribution in [0.1, 0.15) is 0 Å². The van der Waals surface area contributed by atoms with Gasteiger partial charge in [-0.2, -0.15) is 13.2 Å². The first-order valence-electron chi connectivity index (χ1n) is 6.41. The molecule has 0 fully saturated rings. The van der Waals surface area contributed by atoms with Crippen LogP contribution in [0.15, 0.2) is 30.3 Å². The molecule has 0 unspecified atom stereocenters. The minimum Gasteiger partial charge on any atom is -0.484 e. The third-order valence-electron chi connectivity index (χ3n) is 2.65. The summed E-state index contributed by atoms with van der Waals surface area (Å²) < 4.78 is 42.7. The van der Waals surface area contributed by atoms with Crippen molar-refractivity contribution in [2.75, 3.05) is 33.8 Å². The van der Waals surface area contributed by atoms with Crippen molar-refractivity contribution >= 4 is 11.8 Å². The van der Waals surface area contributed by atoms with E-state index in [0.717, 1.165) is 4.90 Å². The van der Waals surface area contributed by atoms with Gasteiger partial charge in [0.05, 0.1) is 0 Å². The summed E-state index contributed by atoms with van der Waals surface area (Å²) in [6, 6.07) is 8.23. The lowest BCUT2D eigenvalue weighted by Crippen LogP contribution is -2.46. The van der Waals surface area contributed by atoms with E-state index in [-0.39, 0.29) is 0 Å². The first kappa shape index (κ1) is 17.8. The lowest BCUT2D eigenvalue weighted by Gasteiger charge is -2.24. The van der Waals surface area contributed by atoms with Gasteiger partial charge in [0, 0.05) is 14.1 Å². The Labute approximate surface area is 126 Å². The van der Waals surface area contributed by atoms with Crippen LogP contribution in [0.2, 0.25) is 0 Å². The molecule has 22 heavy (non-hydrogen) atoms. The molecule has 0 heterocycles. The third kappa shape index (κ3) is 6.47. The fourth-order valence-electron chi connectivity index (χ4n) is 1.51. The van der Waals surface area contributed by atoms with Crippen molar-refractivity contribution in [1.82, 2.24) is 9.80 Å². The molecule has 0 spiro atoms. The van der Waals surface area contributed by atoms with E-state index in [0.29, 0.717) is 10.6 Å². The number of hydrogen-bond acceptors (Lipinski definition) is 3. The van der Waals surface area contributed by atoms with Crippen LogP contribution >= 0.6 is 0 Å². The molecule has 0 saturated carbocycles. The minimum absolute atomic E-state index is 0.363. The average Bonchev–Trinajstić information content (AvgIpc) is 2.43. The summed E-state index contributed by atoms with van der Waals surface area (Å²) in [7, 11) is 2.80. The van der Waals surface area contributed by atoms with Crippen LogP contribution in [0.3, 0.4) is 0 Å². The third-order valence-corrected chi connectivity index (χ3v) is 2.65. The molecule has 1 rings (SSSR count). The molecule has 0 bridgehead atoms. The number of rotatable bonds is 6. The first-order chi connectivity index (χ1) is 10.2. The second-order valence-corrected chi connectivity index (χ2v) is 4.75.